The maximum Gasteiger partial charge on any atom is 0.151 e. The minimum atomic E-state index is 0.355. The first kappa shape index (κ1) is 18.2. The Morgan fingerprint density at radius 3 is 3.00 bits per heavy atom. The summed E-state index contributed by atoms with van der Waals surface area (Å²) in [4.78, 5) is 8.51. The quantitative estimate of drug-likeness (QED) is 0.730. The maximum atomic E-state index is 6.21. The molecule has 0 N–H and O–H groups in total. The van der Waals surface area contributed by atoms with Crippen molar-refractivity contribution in [2.45, 2.75) is 42.6 Å². The molecule has 0 aliphatic carbocycles. The van der Waals surface area contributed by atoms with Crippen molar-refractivity contribution in [3.05, 3.63) is 58.1 Å². The molecule has 3 aliphatic heterocycles. The van der Waals surface area contributed by atoms with E-state index in [2.05, 4.69) is 47.4 Å². The smallest absolute Gasteiger partial charge is 0.151 e. The largest absolute Gasteiger partial charge is 0.476 e. The predicted molar refractivity (Wildman–Crippen MR) is 112 cm³/mol. The van der Waals surface area contributed by atoms with Crippen molar-refractivity contribution in [3.63, 3.8) is 0 Å². The summed E-state index contributed by atoms with van der Waals surface area (Å²) in [7, 11) is 0. The molecule has 1 fully saturated rings. The third-order valence-corrected chi connectivity index (χ3v) is 6.67. The standard InChI is InChI=1S/C23H26N2O2S/c1-2-7-20(8-3-1)28-15-18-12-17-13-25(14-19-6-5-11-26-19)16-27-23(17)22-21(18)9-4-10-24-22/h1-3,7-9,12,19H,4-6,10-11,13-16H2. The van der Waals surface area contributed by atoms with Gasteiger partial charge in [0.1, 0.15) is 12.1 Å². The lowest BCUT2D eigenvalue weighted by atomic mass is 10.0. The molecule has 0 spiro atoms. The summed E-state index contributed by atoms with van der Waals surface area (Å²) in [6.07, 6.45) is 6.05. The molecule has 4 nitrogen and oxygen atoms in total. The normalized spacial score (nSPS) is 21.2. The van der Waals surface area contributed by atoms with Crippen LogP contribution in [0.25, 0.3) is 6.08 Å². The Labute approximate surface area is 170 Å². The third kappa shape index (κ3) is 3.84. The number of rotatable bonds is 5. The van der Waals surface area contributed by atoms with Gasteiger partial charge < -0.3 is 9.47 Å². The highest BCUT2D eigenvalue weighted by molar-refractivity contribution is 7.98. The van der Waals surface area contributed by atoms with Gasteiger partial charge in [0.25, 0.3) is 0 Å². The number of nitrogens with zero attached hydrogens (tertiary/aromatic N) is 2. The lowest BCUT2D eigenvalue weighted by molar-refractivity contribution is 0.0273. The molecule has 5 heteroatoms. The second kappa shape index (κ2) is 8.27. The van der Waals surface area contributed by atoms with Crippen molar-refractivity contribution in [2.24, 2.45) is 4.99 Å². The molecule has 1 saturated heterocycles. The van der Waals surface area contributed by atoms with Gasteiger partial charge in [-0.05, 0) is 43.0 Å². The molecule has 2 aromatic rings. The number of hydrogen-bond acceptors (Lipinski definition) is 5. The van der Waals surface area contributed by atoms with E-state index in [9.17, 15) is 0 Å². The molecule has 0 saturated carbocycles. The maximum absolute atomic E-state index is 6.21. The molecule has 3 aliphatic rings. The number of fused-ring (bicyclic) bond motifs is 3. The third-order valence-electron chi connectivity index (χ3n) is 5.61. The van der Waals surface area contributed by atoms with E-state index in [1.54, 1.807) is 0 Å². The summed E-state index contributed by atoms with van der Waals surface area (Å²) in [5.41, 5.74) is 2.64. The van der Waals surface area contributed by atoms with E-state index in [0.29, 0.717) is 12.8 Å². The summed E-state index contributed by atoms with van der Waals surface area (Å²) in [6.45, 7) is 4.26. The molecular formula is C23H26N2O2S. The summed E-state index contributed by atoms with van der Waals surface area (Å²) >= 11 is 1.89. The highest BCUT2D eigenvalue weighted by Crippen LogP contribution is 2.26. The van der Waals surface area contributed by atoms with Crippen LogP contribution in [0.2, 0.25) is 0 Å². The van der Waals surface area contributed by atoms with Gasteiger partial charge in [-0.1, -0.05) is 24.3 Å². The second-order valence-corrected chi connectivity index (χ2v) is 8.73. The molecule has 0 radical (unpaired) electrons. The Kier molecular flexibility index (Phi) is 5.39. The van der Waals surface area contributed by atoms with Crippen LogP contribution in [-0.2, 0) is 17.0 Å². The first-order chi connectivity index (χ1) is 13.9. The molecule has 5 rings (SSSR count). The van der Waals surface area contributed by atoms with Gasteiger partial charge in [-0.2, -0.15) is 0 Å². The zero-order chi connectivity index (χ0) is 18.8. The average molecular weight is 395 g/mol. The van der Waals surface area contributed by atoms with E-state index in [1.165, 1.54) is 27.7 Å². The SMILES string of the molecule is C1=c2c(CSc3ccccc3)cc3c(c2=NCC1)OCN(CC1CCCO1)C3. The van der Waals surface area contributed by atoms with E-state index in [4.69, 9.17) is 14.5 Å². The van der Waals surface area contributed by atoms with Gasteiger partial charge >= 0.3 is 0 Å². The van der Waals surface area contributed by atoms with Crippen LogP contribution in [0.3, 0.4) is 0 Å². The summed E-state index contributed by atoms with van der Waals surface area (Å²) in [6, 6.07) is 13.0. The van der Waals surface area contributed by atoms with Gasteiger partial charge in [0.2, 0.25) is 0 Å². The van der Waals surface area contributed by atoms with Crippen LogP contribution in [0, 0.1) is 0 Å². The predicted octanol–water partition coefficient (Wildman–Crippen LogP) is 3.11. The van der Waals surface area contributed by atoms with E-state index >= 15 is 0 Å². The molecular weight excluding hydrogens is 368 g/mol. The molecule has 146 valence electrons. The number of hydrogen-bond donors (Lipinski definition) is 0. The summed E-state index contributed by atoms with van der Waals surface area (Å²) < 4.78 is 12.0. The fourth-order valence-electron chi connectivity index (χ4n) is 4.26. The lowest BCUT2D eigenvalue weighted by Crippen LogP contribution is -2.42. The van der Waals surface area contributed by atoms with Crippen LogP contribution in [0.15, 0.2) is 46.3 Å². The van der Waals surface area contributed by atoms with Crippen LogP contribution >= 0.6 is 11.8 Å². The van der Waals surface area contributed by atoms with E-state index in [1.807, 2.05) is 11.8 Å². The Morgan fingerprint density at radius 1 is 1.21 bits per heavy atom. The monoisotopic (exact) mass is 394 g/mol. The van der Waals surface area contributed by atoms with Crippen molar-refractivity contribution in [1.29, 1.82) is 0 Å². The van der Waals surface area contributed by atoms with Crippen LogP contribution in [-0.4, -0.2) is 37.4 Å². The highest BCUT2D eigenvalue weighted by atomic mass is 32.2. The average Bonchev–Trinajstić information content (AvgIpc) is 3.25. The van der Waals surface area contributed by atoms with Crippen molar-refractivity contribution >= 4 is 17.8 Å². The minimum Gasteiger partial charge on any atom is -0.476 e. The van der Waals surface area contributed by atoms with Gasteiger partial charge in [0.05, 0.1) is 6.10 Å². The van der Waals surface area contributed by atoms with Crippen molar-refractivity contribution < 1.29 is 9.47 Å². The molecule has 1 atom stereocenters. The first-order valence-electron chi connectivity index (χ1n) is 10.2. The number of ether oxygens (including phenoxy) is 2. The number of benzene rings is 2. The van der Waals surface area contributed by atoms with E-state index < -0.39 is 0 Å². The van der Waals surface area contributed by atoms with Crippen molar-refractivity contribution in [2.75, 3.05) is 26.4 Å². The van der Waals surface area contributed by atoms with Crippen LogP contribution in [0.4, 0.5) is 0 Å². The molecule has 0 bridgehead atoms. The molecule has 0 amide bonds. The Hall–Kier alpha value is -1.82. The first-order valence-corrected chi connectivity index (χ1v) is 11.2. The molecule has 0 aromatic heterocycles. The van der Waals surface area contributed by atoms with Gasteiger partial charge in [0, 0.05) is 47.7 Å². The molecule has 1 unspecified atom stereocenters. The molecule has 3 heterocycles. The molecule has 2 aromatic carbocycles. The topological polar surface area (TPSA) is 34.1 Å². The van der Waals surface area contributed by atoms with Crippen LogP contribution in [0.5, 0.6) is 5.75 Å². The van der Waals surface area contributed by atoms with Gasteiger partial charge in [-0.3, -0.25) is 9.89 Å². The summed E-state index contributed by atoms with van der Waals surface area (Å²) in [5.74, 6) is 1.96. The van der Waals surface area contributed by atoms with Crippen molar-refractivity contribution in [3.8, 4) is 5.75 Å². The Bertz CT molecular complexity index is 955. The van der Waals surface area contributed by atoms with Crippen LogP contribution < -0.4 is 15.3 Å². The zero-order valence-corrected chi connectivity index (χ0v) is 16.9. The van der Waals surface area contributed by atoms with Crippen LogP contribution in [0.1, 0.15) is 30.4 Å². The second-order valence-electron chi connectivity index (χ2n) is 7.68. The van der Waals surface area contributed by atoms with Crippen molar-refractivity contribution in [1.82, 2.24) is 4.90 Å². The molecule has 28 heavy (non-hydrogen) atoms. The Balaban J connectivity index is 1.42. The fourth-order valence-corrected chi connectivity index (χ4v) is 5.17. The lowest BCUT2D eigenvalue weighted by Gasteiger charge is -2.31. The fraction of sp³-hybridized carbons (Fsp3) is 0.435. The minimum absolute atomic E-state index is 0.355. The van der Waals surface area contributed by atoms with Gasteiger partial charge in [-0.15, -0.1) is 11.8 Å². The summed E-state index contributed by atoms with van der Waals surface area (Å²) in [5, 5.41) is 2.35. The zero-order valence-electron chi connectivity index (χ0n) is 16.1. The van der Waals surface area contributed by atoms with E-state index in [-0.39, 0.29) is 0 Å². The number of thioether (sulfide) groups is 1. The Morgan fingerprint density at radius 2 is 2.14 bits per heavy atom. The van der Waals surface area contributed by atoms with Gasteiger partial charge in [-0.25, -0.2) is 0 Å². The van der Waals surface area contributed by atoms with E-state index in [0.717, 1.165) is 55.9 Å². The highest BCUT2D eigenvalue weighted by Gasteiger charge is 2.25. The van der Waals surface area contributed by atoms with Gasteiger partial charge in [0.15, 0.2) is 5.75 Å².